The number of benzene rings is 1. The van der Waals surface area contributed by atoms with Gasteiger partial charge in [-0.05, 0) is 37.5 Å². The number of ether oxygens (including phenoxy) is 2. The summed E-state index contributed by atoms with van der Waals surface area (Å²) in [6.07, 6.45) is 1.26. The third-order valence-electron chi connectivity index (χ3n) is 4.90. The van der Waals surface area contributed by atoms with E-state index in [0.29, 0.717) is 38.3 Å². The van der Waals surface area contributed by atoms with Crippen LogP contribution >= 0.6 is 0 Å². The maximum absolute atomic E-state index is 12.3. The number of carbonyl (C=O) groups excluding carboxylic acids is 4. The zero-order chi connectivity index (χ0) is 21.9. The first-order valence-corrected chi connectivity index (χ1v) is 10.1. The molecule has 0 radical (unpaired) electrons. The van der Waals surface area contributed by atoms with Crippen LogP contribution in [-0.2, 0) is 30.3 Å². The van der Waals surface area contributed by atoms with E-state index in [1.807, 2.05) is 0 Å². The molecule has 2 rings (SSSR count). The molecule has 9 heteroatoms. The van der Waals surface area contributed by atoms with E-state index in [9.17, 15) is 19.2 Å². The van der Waals surface area contributed by atoms with Gasteiger partial charge in [-0.1, -0.05) is 12.1 Å². The molecule has 0 aliphatic carbocycles. The first kappa shape index (κ1) is 23.2. The SMILES string of the molecule is CCOC(=O)C1CCN(C(=O)CCC(=O)NNC(=O)Cc2ccc(OC)cc2)CC1. The minimum atomic E-state index is -0.437. The number of hydrogen-bond donors (Lipinski definition) is 2. The summed E-state index contributed by atoms with van der Waals surface area (Å²) in [7, 11) is 1.56. The van der Waals surface area contributed by atoms with Gasteiger partial charge in [-0.25, -0.2) is 0 Å². The Hall–Kier alpha value is -3.10. The molecule has 9 nitrogen and oxygen atoms in total. The van der Waals surface area contributed by atoms with Gasteiger partial charge in [-0.3, -0.25) is 30.0 Å². The molecule has 0 atom stereocenters. The monoisotopic (exact) mass is 419 g/mol. The van der Waals surface area contributed by atoms with Crippen LogP contribution in [0.25, 0.3) is 0 Å². The fraction of sp³-hybridized carbons (Fsp3) is 0.524. The van der Waals surface area contributed by atoms with Gasteiger partial charge < -0.3 is 14.4 Å². The third-order valence-corrected chi connectivity index (χ3v) is 4.90. The maximum Gasteiger partial charge on any atom is 0.309 e. The van der Waals surface area contributed by atoms with E-state index in [4.69, 9.17) is 9.47 Å². The molecule has 1 fully saturated rings. The first-order chi connectivity index (χ1) is 14.4. The Morgan fingerprint density at radius 2 is 1.63 bits per heavy atom. The van der Waals surface area contributed by atoms with Gasteiger partial charge in [-0.15, -0.1) is 0 Å². The standard InChI is InChI=1S/C21H29N3O6/c1-3-30-21(28)16-10-12-24(13-11-16)20(27)9-8-18(25)22-23-19(26)14-15-4-6-17(29-2)7-5-15/h4-7,16H,3,8-14H2,1-2H3,(H,22,25)(H,23,26). The molecular weight excluding hydrogens is 390 g/mol. The highest BCUT2D eigenvalue weighted by molar-refractivity contribution is 5.86. The average Bonchev–Trinajstić information content (AvgIpc) is 2.76. The second kappa shape index (κ2) is 11.8. The van der Waals surface area contributed by atoms with E-state index in [0.717, 1.165) is 5.56 Å². The van der Waals surface area contributed by atoms with Crippen LogP contribution in [0.1, 0.15) is 38.2 Å². The number of rotatable bonds is 8. The molecule has 164 valence electrons. The molecule has 0 saturated carbocycles. The molecule has 0 unspecified atom stereocenters. The van der Waals surface area contributed by atoms with Crippen molar-refractivity contribution in [1.82, 2.24) is 15.8 Å². The van der Waals surface area contributed by atoms with Crippen LogP contribution in [0.4, 0.5) is 0 Å². The summed E-state index contributed by atoms with van der Waals surface area (Å²) in [4.78, 5) is 49.5. The van der Waals surface area contributed by atoms with Crippen molar-refractivity contribution in [2.45, 2.75) is 39.0 Å². The van der Waals surface area contributed by atoms with Crippen LogP contribution in [0.15, 0.2) is 24.3 Å². The lowest BCUT2D eigenvalue weighted by atomic mass is 9.97. The number of hydrogen-bond acceptors (Lipinski definition) is 6. The quantitative estimate of drug-likeness (QED) is 0.479. The lowest BCUT2D eigenvalue weighted by Crippen LogP contribution is -2.43. The zero-order valence-electron chi connectivity index (χ0n) is 17.4. The number of nitrogens with zero attached hydrogens (tertiary/aromatic N) is 1. The van der Waals surface area contributed by atoms with E-state index >= 15 is 0 Å². The van der Waals surface area contributed by atoms with Gasteiger partial charge >= 0.3 is 5.97 Å². The molecule has 1 aliphatic heterocycles. The molecule has 2 N–H and O–H groups in total. The Labute approximate surface area is 176 Å². The highest BCUT2D eigenvalue weighted by Gasteiger charge is 2.28. The maximum atomic E-state index is 12.3. The van der Waals surface area contributed by atoms with Crippen LogP contribution in [-0.4, -0.2) is 55.4 Å². The molecule has 3 amide bonds. The molecule has 1 aromatic carbocycles. The summed E-state index contributed by atoms with van der Waals surface area (Å²) in [6.45, 7) is 3.07. The van der Waals surface area contributed by atoms with Crippen molar-refractivity contribution >= 4 is 23.7 Å². The summed E-state index contributed by atoms with van der Waals surface area (Å²) in [5, 5.41) is 0. The van der Waals surface area contributed by atoms with Crippen LogP contribution < -0.4 is 15.6 Å². The largest absolute Gasteiger partial charge is 0.497 e. The van der Waals surface area contributed by atoms with E-state index in [1.54, 1.807) is 43.2 Å². The van der Waals surface area contributed by atoms with Crippen molar-refractivity contribution in [3.63, 3.8) is 0 Å². The molecule has 1 heterocycles. The van der Waals surface area contributed by atoms with Gasteiger partial charge in [0.1, 0.15) is 5.75 Å². The Bertz CT molecular complexity index is 742. The lowest BCUT2D eigenvalue weighted by molar-refractivity contribution is -0.151. The lowest BCUT2D eigenvalue weighted by Gasteiger charge is -2.30. The molecule has 0 spiro atoms. The number of esters is 1. The summed E-state index contributed by atoms with van der Waals surface area (Å²) in [5.74, 6) is -0.624. The van der Waals surface area contributed by atoms with Crippen LogP contribution in [0.2, 0.25) is 0 Å². The molecule has 1 aliphatic rings. The van der Waals surface area contributed by atoms with Crippen molar-refractivity contribution in [2.24, 2.45) is 5.92 Å². The molecule has 0 bridgehead atoms. The normalized spacial score (nSPS) is 14.0. The zero-order valence-corrected chi connectivity index (χ0v) is 17.4. The Kier molecular flexibility index (Phi) is 9.11. The van der Waals surface area contributed by atoms with Crippen molar-refractivity contribution < 1.29 is 28.7 Å². The number of nitrogens with one attached hydrogen (secondary N) is 2. The second-order valence-corrected chi connectivity index (χ2v) is 7.03. The van der Waals surface area contributed by atoms with E-state index in [1.165, 1.54) is 0 Å². The second-order valence-electron chi connectivity index (χ2n) is 7.03. The highest BCUT2D eigenvalue weighted by Crippen LogP contribution is 2.19. The Morgan fingerprint density at radius 3 is 2.23 bits per heavy atom. The van der Waals surface area contributed by atoms with Gasteiger partial charge in [-0.2, -0.15) is 0 Å². The summed E-state index contributed by atoms with van der Waals surface area (Å²) < 4.78 is 10.1. The van der Waals surface area contributed by atoms with Crippen molar-refractivity contribution in [3.05, 3.63) is 29.8 Å². The predicted molar refractivity (Wildman–Crippen MR) is 108 cm³/mol. The topological polar surface area (TPSA) is 114 Å². The average molecular weight is 419 g/mol. The Balaban J connectivity index is 1.63. The van der Waals surface area contributed by atoms with Crippen LogP contribution in [0, 0.1) is 5.92 Å². The fourth-order valence-electron chi connectivity index (χ4n) is 3.18. The summed E-state index contributed by atoms with van der Waals surface area (Å²) in [5.41, 5.74) is 5.45. The van der Waals surface area contributed by atoms with E-state index in [2.05, 4.69) is 10.9 Å². The van der Waals surface area contributed by atoms with Gasteiger partial charge in [0.25, 0.3) is 0 Å². The molecular formula is C21H29N3O6. The van der Waals surface area contributed by atoms with Crippen LogP contribution in [0.3, 0.4) is 0 Å². The number of piperidine rings is 1. The van der Waals surface area contributed by atoms with E-state index < -0.39 is 5.91 Å². The van der Waals surface area contributed by atoms with Gasteiger partial charge in [0.2, 0.25) is 17.7 Å². The predicted octanol–water partition coefficient (Wildman–Crippen LogP) is 0.967. The molecule has 0 aromatic heterocycles. The van der Waals surface area contributed by atoms with Gasteiger partial charge in [0.05, 0.1) is 26.1 Å². The van der Waals surface area contributed by atoms with E-state index in [-0.39, 0.29) is 43.0 Å². The minimum Gasteiger partial charge on any atom is -0.497 e. The highest BCUT2D eigenvalue weighted by atomic mass is 16.5. The number of hydrazine groups is 1. The smallest absolute Gasteiger partial charge is 0.309 e. The number of methoxy groups -OCH3 is 1. The van der Waals surface area contributed by atoms with Gasteiger partial charge in [0, 0.05) is 25.9 Å². The Morgan fingerprint density at radius 1 is 1.00 bits per heavy atom. The first-order valence-electron chi connectivity index (χ1n) is 10.1. The van der Waals surface area contributed by atoms with Gasteiger partial charge in [0.15, 0.2) is 0 Å². The molecule has 1 aromatic rings. The summed E-state index contributed by atoms with van der Waals surface area (Å²) in [6, 6.07) is 7.04. The molecule has 1 saturated heterocycles. The summed E-state index contributed by atoms with van der Waals surface area (Å²) >= 11 is 0. The van der Waals surface area contributed by atoms with Crippen LogP contribution in [0.5, 0.6) is 5.75 Å². The van der Waals surface area contributed by atoms with Crippen molar-refractivity contribution in [3.8, 4) is 5.75 Å². The fourth-order valence-corrected chi connectivity index (χ4v) is 3.18. The molecule has 30 heavy (non-hydrogen) atoms. The number of carbonyl (C=O) groups is 4. The van der Waals surface area contributed by atoms with Crippen molar-refractivity contribution in [1.29, 1.82) is 0 Å². The minimum absolute atomic E-state index is 0.0283. The number of likely N-dealkylation sites (tertiary alicyclic amines) is 1. The number of amides is 3. The third kappa shape index (κ3) is 7.38. The van der Waals surface area contributed by atoms with Crippen molar-refractivity contribution in [2.75, 3.05) is 26.8 Å².